The van der Waals surface area contributed by atoms with E-state index in [1.807, 2.05) is 12.1 Å². The summed E-state index contributed by atoms with van der Waals surface area (Å²) >= 11 is 0. The van der Waals surface area contributed by atoms with Crippen LogP contribution in [0.2, 0.25) is 0 Å². The summed E-state index contributed by atoms with van der Waals surface area (Å²) in [5.74, 6) is 0.704. The highest BCUT2D eigenvalue weighted by molar-refractivity contribution is 5.69. The van der Waals surface area contributed by atoms with Crippen LogP contribution >= 0.6 is 0 Å². The first-order valence-corrected chi connectivity index (χ1v) is 5.12. The van der Waals surface area contributed by atoms with E-state index in [1.165, 1.54) is 0 Å². The standard InChI is InChI=1S/C11H10N4O/c16-11-14-9(7-1-4-12-5-2-7)8-3-6-13-10(8)15-11/h1-2,4-5H,3,6H2,(H2,13,14,15,16). The number of hydrogen-bond donors (Lipinski definition) is 2. The summed E-state index contributed by atoms with van der Waals surface area (Å²) in [6.07, 6.45) is 4.31. The van der Waals surface area contributed by atoms with E-state index in [4.69, 9.17) is 0 Å². The Morgan fingerprint density at radius 1 is 1.25 bits per heavy atom. The molecule has 0 aliphatic carbocycles. The molecule has 1 aliphatic rings. The van der Waals surface area contributed by atoms with Crippen molar-refractivity contribution in [3.8, 4) is 11.3 Å². The van der Waals surface area contributed by atoms with Crippen molar-refractivity contribution >= 4 is 5.82 Å². The predicted octanol–water partition coefficient (Wildman–Crippen LogP) is 0.800. The summed E-state index contributed by atoms with van der Waals surface area (Å²) in [5, 5.41) is 3.10. The number of nitrogens with zero attached hydrogens (tertiary/aromatic N) is 2. The van der Waals surface area contributed by atoms with Crippen LogP contribution in [0.4, 0.5) is 5.82 Å². The van der Waals surface area contributed by atoms with Crippen LogP contribution in [0.5, 0.6) is 0 Å². The molecule has 2 N–H and O–H groups in total. The van der Waals surface area contributed by atoms with Gasteiger partial charge >= 0.3 is 5.69 Å². The normalized spacial score (nSPS) is 13.2. The van der Waals surface area contributed by atoms with Gasteiger partial charge in [0.25, 0.3) is 0 Å². The molecular formula is C11H10N4O. The Balaban J connectivity index is 2.25. The van der Waals surface area contributed by atoms with Gasteiger partial charge < -0.3 is 10.3 Å². The van der Waals surface area contributed by atoms with Crippen LogP contribution in [0.1, 0.15) is 5.56 Å². The maximum atomic E-state index is 11.4. The van der Waals surface area contributed by atoms with Crippen molar-refractivity contribution < 1.29 is 0 Å². The molecule has 5 heteroatoms. The van der Waals surface area contributed by atoms with E-state index in [-0.39, 0.29) is 5.69 Å². The topological polar surface area (TPSA) is 70.7 Å². The lowest BCUT2D eigenvalue weighted by atomic mass is 10.1. The van der Waals surface area contributed by atoms with Crippen LogP contribution in [-0.4, -0.2) is 21.5 Å². The van der Waals surface area contributed by atoms with E-state index < -0.39 is 0 Å². The molecule has 3 heterocycles. The lowest BCUT2D eigenvalue weighted by molar-refractivity contribution is 1.06. The van der Waals surface area contributed by atoms with Crippen LogP contribution in [0.25, 0.3) is 11.3 Å². The summed E-state index contributed by atoms with van der Waals surface area (Å²) in [6.45, 7) is 0.831. The third kappa shape index (κ3) is 1.37. The first kappa shape index (κ1) is 9.08. The van der Waals surface area contributed by atoms with Crippen molar-refractivity contribution in [2.24, 2.45) is 0 Å². The van der Waals surface area contributed by atoms with E-state index in [1.54, 1.807) is 12.4 Å². The zero-order valence-corrected chi connectivity index (χ0v) is 8.53. The second-order valence-electron chi connectivity index (χ2n) is 3.66. The summed E-state index contributed by atoms with van der Waals surface area (Å²) in [4.78, 5) is 22.1. The molecule has 3 rings (SSSR count). The Labute approximate surface area is 91.6 Å². The SMILES string of the molecule is O=c1nc2c(c(-c3ccncc3)[nH]1)CCN2. The molecule has 0 amide bonds. The highest BCUT2D eigenvalue weighted by atomic mass is 16.1. The van der Waals surface area contributed by atoms with Gasteiger partial charge in [-0.15, -0.1) is 0 Å². The Kier molecular flexibility index (Phi) is 1.96. The minimum Gasteiger partial charge on any atom is -0.369 e. The highest BCUT2D eigenvalue weighted by Crippen LogP contribution is 2.27. The minimum atomic E-state index is -0.319. The van der Waals surface area contributed by atoms with Gasteiger partial charge in [0.2, 0.25) is 0 Å². The number of rotatable bonds is 1. The maximum Gasteiger partial charge on any atom is 0.347 e. The van der Waals surface area contributed by atoms with Gasteiger partial charge in [-0.3, -0.25) is 4.98 Å². The summed E-state index contributed by atoms with van der Waals surface area (Å²) in [7, 11) is 0. The van der Waals surface area contributed by atoms with E-state index in [0.717, 1.165) is 29.8 Å². The molecule has 0 spiro atoms. The number of anilines is 1. The molecule has 0 unspecified atom stereocenters. The molecule has 5 nitrogen and oxygen atoms in total. The molecule has 0 saturated heterocycles. The van der Waals surface area contributed by atoms with E-state index in [0.29, 0.717) is 5.82 Å². The Morgan fingerprint density at radius 3 is 2.88 bits per heavy atom. The van der Waals surface area contributed by atoms with Gasteiger partial charge in [-0.25, -0.2) is 4.79 Å². The molecule has 1 aliphatic heterocycles. The van der Waals surface area contributed by atoms with Crippen LogP contribution in [0.15, 0.2) is 29.3 Å². The average molecular weight is 214 g/mol. The van der Waals surface area contributed by atoms with Crippen molar-refractivity contribution in [1.29, 1.82) is 0 Å². The Morgan fingerprint density at radius 2 is 2.06 bits per heavy atom. The first-order valence-electron chi connectivity index (χ1n) is 5.12. The van der Waals surface area contributed by atoms with Crippen LogP contribution in [0, 0.1) is 0 Å². The molecule has 16 heavy (non-hydrogen) atoms. The number of fused-ring (bicyclic) bond motifs is 1. The van der Waals surface area contributed by atoms with Gasteiger partial charge in [-0.05, 0) is 18.6 Å². The minimum absolute atomic E-state index is 0.319. The Bertz CT molecular complexity index is 576. The first-order chi connectivity index (χ1) is 7.84. The lowest BCUT2D eigenvalue weighted by Gasteiger charge is -2.05. The van der Waals surface area contributed by atoms with Crippen molar-refractivity contribution in [1.82, 2.24) is 15.0 Å². The van der Waals surface area contributed by atoms with Gasteiger partial charge in [0.1, 0.15) is 5.82 Å². The molecule has 0 fully saturated rings. The van der Waals surface area contributed by atoms with Gasteiger partial charge in [0.15, 0.2) is 0 Å². The van der Waals surface area contributed by atoms with Crippen LogP contribution in [-0.2, 0) is 6.42 Å². The summed E-state index contributed by atoms with van der Waals surface area (Å²) < 4.78 is 0. The third-order valence-electron chi connectivity index (χ3n) is 2.67. The molecule has 0 aromatic carbocycles. The largest absolute Gasteiger partial charge is 0.369 e. The molecule has 0 atom stereocenters. The fourth-order valence-corrected chi connectivity index (χ4v) is 1.96. The number of nitrogens with one attached hydrogen (secondary N) is 2. The number of hydrogen-bond acceptors (Lipinski definition) is 4. The van der Waals surface area contributed by atoms with Gasteiger partial charge in [-0.2, -0.15) is 4.98 Å². The number of H-pyrrole nitrogens is 1. The summed E-state index contributed by atoms with van der Waals surface area (Å²) in [5.41, 5.74) is 2.57. The average Bonchev–Trinajstić information content (AvgIpc) is 2.77. The van der Waals surface area contributed by atoms with E-state index in [2.05, 4.69) is 20.3 Å². The summed E-state index contributed by atoms with van der Waals surface area (Å²) in [6, 6.07) is 3.76. The third-order valence-corrected chi connectivity index (χ3v) is 2.67. The zero-order chi connectivity index (χ0) is 11.0. The number of pyridine rings is 1. The number of aromatic nitrogens is 3. The quantitative estimate of drug-likeness (QED) is 0.736. The maximum absolute atomic E-state index is 11.4. The molecule has 80 valence electrons. The molecular weight excluding hydrogens is 204 g/mol. The van der Waals surface area contributed by atoms with E-state index >= 15 is 0 Å². The molecule has 0 bridgehead atoms. The fraction of sp³-hybridized carbons (Fsp3) is 0.182. The molecule has 2 aromatic rings. The fourth-order valence-electron chi connectivity index (χ4n) is 1.96. The monoisotopic (exact) mass is 214 g/mol. The van der Waals surface area contributed by atoms with Crippen molar-refractivity contribution in [2.45, 2.75) is 6.42 Å². The van der Waals surface area contributed by atoms with E-state index in [9.17, 15) is 4.79 Å². The van der Waals surface area contributed by atoms with Crippen LogP contribution < -0.4 is 11.0 Å². The predicted molar refractivity (Wildman–Crippen MR) is 60.3 cm³/mol. The van der Waals surface area contributed by atoms with Crippen LogP contribution in [0.3, 0.4) is 0 Å². The number of aromatic amines is 1. The second-order valence-corrected chi connectivity index (χ2v) is 3.66. The highest BCUT2D eigenvalue weighted by Gasteiger charge is 2.17. The van der Waals surface area contributed by atoms with Crippen molar-refractivity contribution in [3.05, 3.63) is 40.6 Å². The lowest BCUT2D eigenvalue weighted by Crippen LogP contribution is -2.13. The molecule has 0 radical (unpaired) electrons. The Hall–Kier alpha value is -2.17. The van der Waals surface area contributed by atoms with Gasteiger partial charge in [-0.1, -0.05) is 0 Å². The van der Waals surface area contributed by atoms with Gasteiger partial charge in [0, 0.05) is 30.1 Å². The van der Waals surface area contributed by atoms with Gasteiger partial charge in [0.05, 0.1) is 5.69 Å². The van der Waals surface area contributed by atoms with Crippen molar-refractivity contribution in [3.63, 3.8) is 0 Å². The zero-order valence-electron chi connectivity index (χ0n) is 8.53. The van der Waals surface area contributed by atoms with Crippen molar-refractivity contribution in [2.75, 3.05) is 11.9 Å². The molecule has 2 aromatic heterocycles. The smallest absolute Gasteiger partial charge is 0.347 e. The second kappa shape index (κ2) is 3.44. The molecule has 0 saturated carbocycles.